The molecular weight excluding hydrogens is 439 g/mol. The van der Waals surface area contributed by atoms with Crippen molar-refractivity contribution in [2.75, 3.05) is 0 Å². The van der Waals surface area contributed by atoms with Crippen molar-refractivity contribution in [2.24, 2.45) is 17.8 Å². The summed E-state index contributed by atoms with van der Waals surface area (Å²) in [5.41, 5.74) is 1.68. The fourth-order valence-electron chi connectivity index (χ4n) is 5.74. The molecule has 1 aliphatic rings. The minimum Gasteiger partial charge on any atom is -0.399 e. The molecule has 1 heterocycles. The largest absolute Gasteiger partial charge is 0.399 e. The van der Waals surface area contributed by atoms with Gasteiger partial charge in [0.15, 0.2) is 0 Å². The molecule has 0 amide bonds. The van der Waals surface area contributed by atoms with Crippen molar-refractivity contribution in [3.8, 4) is 0 Å². The van der Waals surface area contributed by atoms with Crippen LogP contribution in [0.1, 0.15) is 40.0 Å². The second-order valence-corrected chi connectivity index (χ2v) is 11.2. The van der Waals surface area contributed by atoms with E-state index in [0.717, 1.165) is 28.4 Å². The lowest BCUT2D eigenvalue weighted by Gasteiger charge is -2.35. The highest BCUT2D eigenvalue weighted by molar-refractivity contribution is 7.31. The molecule has 1 fully saturated rings. The predicted octanol–water partition coefficient (Wildman–Crippen LogP) is 9.49. The molecule has 1 aliphatic carbocycles. The van der Waals surface area contributed by atoms with Crippen LogP contribution >= 0.6 is 8.24 Å². The molecule has 3 nitrogen and oxygen atoms in total. The van der Waals surface area contributed by atoms with Gasteiger partial charge in [0.25, 0.3) is 0 Å². The highest BCUT2D eigenvalue weighted by atomic mass is 31.1. The molecule has 0 unspecified atom stereocenters. The Balaban J connectivity index is 1.65. The molecule has 1 aromatic heterocycles. The highest BCUT2D eigenvalue weighted by Crippen LogP contribution is 2.43. The number of benzene rings is 4. The summed E-state index contributed by atoms with van der Waals surface area (Å²) in [6.45, 7) is 6.95. The summed E-state index contributed by atoms with van der Waals surface area (Å²) in [6.07, 6.45) is 3.69. The van der Waals surface area contributed by atoms with E-state index in [0.29, 0.717) is 17.8 Å². The zero-order valence-electron chi connectivity index (χ0n) is 20.0. The van der Waals surface area contributed by atoms with Crippen molar-refractivity contribution >= 4 is 51.7 Å². The fourth-order valence-corrected chi connectivity index (χ4v) is 6.95. The summed E-state index contributed by atoms with van der Waals surface area (Å²) in [5.74, 6) is 1.77. The third-order valence-corrected chi connectivity index (χ3v) is 8.69. The fraction of sp³-hybridized carbons (Fsp3) is 0.333. The first-order chi connectivity index (χ1) is 16.6. The first kappa shape index (κ1) is 21.8. The van der Waals surface area contributed by atoms with Gasteiger partial charge in [-0.05, 0) is 64.3 Å². The van der Waals surface area contributed by atoms with Crippen LogP contribution in [0.2, 0.25) is 0 Å². The van der Waals surface area contributed by atoms with Crippen LogP contribution in [0.5, 0.6) is 0 Å². The van der Waals surface area contributed by atoms with Crippen molar-refractivity contribution < 1.29 is 12.9 Å². The van der Waals surface area contributed by atoms with Gasteiger partial charge in [0.05, 0.1) is 6.10 Å². The molecule has 0 N–H and O–H groups in total. The van der Waals surface area contributed by atoms with Gasteiger partial charge in [-0.2, -0.15) is 0 Å². The molecule has 174 valence electrons. The molecule has 4 heteroatoms. The lowest BCUT2D eigenvalue weighted by molar-refractivity contribution is 0.0746. The Morgan fingerprint density at radius 3 is 1.88 bits per heavy atom. The minimum atomic E-state index is -1.58. The van der Waals surface area contributed by atoms with Crippen LogP contribution in [0.3, 0.4) is 0 Å². The number of fused-ring (bicyclic) bond motifs is 7. The highest BCUT2D eigenvalue weighted by Gasteiger charge is 2.33. The molecule has 6 rings (SSSR count). The van der Waals surface area contributed by atoms with E-state index in [-0.39, 0.29) is 6.10 Å². The molecule has 0 aliphatic heterocycles. The second kappa shape index (κ2) is 8.80. The normalized spacial score (nSPS) is 21.1. The first-order valence-corrected chi connectivity index (χ1v) is 13.5. The molecular formula is C30H31O3P. The van der Waals surface area contributed by atoms with Gasteiger partial charge in [-0.3, -0.25) is 4.52 Å². The van der Waals surface area contributed by atoms with Gasteiger partial charge in [0, 0.05) is 10.8 Å². The molecule has 3 atom stereocenters. The average molecular weight is 471 g/mol. The van der Waals surface area contributed by atoms with E-state index in [4.69, 9.17) is 12.9 Å². The Morgan fingerprint density at radius 2 is 1.32 bits per heavy atom. The molecule has 34 heavy (non-hydrogen) atoms. The summed E-state index contributed by atoms with van der Waals surface area (Å²) in [5, 5.41) is 6.91. The molecule has 5 aromatic rings. The summed E-state index contributed by atoms with van der Waals surface area (Å²) in [7, 11) is -1.58. The molecule has 1 saturated carbocycles. The van der Waals surface area contributed by atoms with Gasteiger partial charge < -0.3 is 8.39 Å². The summed E-state index contributed by atoms with van der Waals surface area (Å²) < 4.78 is 19.9. The van der Waals surface area contributed by atoms with Crippen molar-refractivity contribution in [3.05, 3.63) is 72.8 Å². The van der Waals surface area contributed by atoms with E-state index in [1.54, 1.807) is 0 Å². The van der Waals surface area contributed by atoms with Gasteiger partial charge in [0.2, 0.25) is 0 Å². The van der Waals surface area contributed by atoms with Gasteiger partial charge in [-0.15, -0.1) is 0 Å². The maximum Gasteiger partial charge on any atom is 0.387 e. The number of hydrogen-bond donors (Lipinski definition) is 0. The maximum absolute atomic E-state index is 6.71. The SMILES string of the molecule is CC(C)[C@@H]1CC[C@H](C)C[C@H]1Op1oc2ccc3ccccc3c2c2c(ccc3ccccc32)o1. The van der Waals surface area contributed by atoms with Crippen molar-refractivity contribution in [3.63, 3.8) is 0 Å². The Morgan fingerprint density at radius 1 is 0.765 bits per heavy atom. The zero-order valence-corrected chi connectivity index (χ0v) is 20.9. The van der Waals surface area contributed by atoms with Gasteiger partial charge in [0.1, 0.15) is 11.2 Å². The van der Waals surface area contributed by atoms with Crippen molar-refractivity contribution in [2.45, 2.75) is 46.1 Å². The van der Waals surface area contributed by atoms with Crippen LogP contribution in [0.25, 0.3) is 43.5 Å². The summed E-state index contributed by atoms with van der Waals surface area (Å²) in [4.78, 5) is 0. The topological polar surface area (TPSA) is 35.5 Å². The van der Waals surface area contributed by atoms with E-state index in [2.05, 4.69) is 93.6 Å². The van der Waals surface area contributed by atoms with E-state index < -0.39 is 8.24 Å². The predicted molar refractivity (Wildman–Crippen MR) is 143 cm³/mol. The number of rotatable bonds is 3. The Labute approximate surface area is 201 Å². The lowest BCUT2D eigenvalue weighted by Crippen LogP contribution is -2.35. The van der Waals surface area contributed by atoms with E-state index in [1.807, 2.05) is 0 Å². The van der Waals surface area contributed by atoms with Crippen LogP contribution < -0.4 is 4.52 Å². The Kier molecular flexibility index (Phi) is 5.63. The van der Waals surface area contributed by atoms with Crippen LogP contribution in [0.15, 0.2) is 81.2 Å². The van der Waals surface area contributed by atoms with Crippen LogP contribution in [0.4, 0.5) is 0 Å². The third kappa shape index (κ3) is 3.82. The van der Waals surface area contributed by atoms with Crippen LogP contribution in [-0.4, -0.2) is 6.10 Å². The zero-order chi connectivity index (χ0) is 23.2. The monoisotopic (exact) mass is 470 g/mol. The van der Waals surface area contributed by atoms with Gasteiger partial charge in [-0.1, -0.05) is 87.9 Å². The number of hydrogen-bond acceptors (Lipinski definition) is 3. The standard InChI is InChI=1S/C30H31O3P/c1-19(2)23-15-12-20(3)18-28(23)33-34-31-26-16-13-21-8-4-6-10-24(21)29(26)30-25-11-7-5-9-22(25)14-17-27(30)32-34/h4-11,13-14,16-17,19-20,23,28H,12,15,18H2,1-3H3/t20-,23-,28+/m0/s1. The lowest BCUT2D eigenvalue weighted by atomic mass is 9.75. The van der Waals surface area contributed by atoms with Crippen LogP contribution in [-0.2, 0) is 0 Å². The van der Waals surface area contributed by atoms with Crippen molar-refractivity contribution in [1.82, 2.24) is 0 Å². The quantitative estimate of drug-likeness (QED) is 0.263. The van der Waals surface area contributed by atoms with Gasteiger partial charge in [-0.25, -0.2) is 0 Å². The van der Waals surface area contributed by atoms with Crippen molar-refractivity contribution in [1.29, 1.82) is 0 Å². The molecule has 0 bridgehead atoms. The van der Waals surface area contributed by atoms with E-state index in [1.165, 1.54) is 34.4 Å². The van der Waals surface area contributed by atoms with E-state index >= 15 is 0 Å². The minimum absolute atomic E-state index is 0.153. The third-order valence-electron chi connectivity index (χ3n) is 7.56. The average Bonchev–Trinajstić information content (AvgIpc) is 3.00. The molecule has 0 radical (unpaired) electrons. The Bertz CT molecular complexity index is 1440. The van der Waals surface area contributed by atoms with Gasteiger partial charge >= 0.3 is 8.24 Å². The molecule has 0 spiro atoms. The first-order valence-electron chi connectivity index (χ1n) is 12.4. The Hall–Kier alpha value is -2.74. The van der Waals surface area contributed by atoms with E-state index in [9.17, 15) is 0 Å². The smallest absolute Gasteiger partial charge is 0.387 e. The maximum atomic E-state index is 6.71. The molecule has 0 saturated heterocycles. The second-order valence-electron chi connectivity index (χ2n) is 10.2. The van der Waals surface area contributed by atoms with Crippen LogP contribution in [0, 0.1) is 17.8 Å². The summed E-state index contributed by atoms with van der Waals surface area (Å²) >= 11 is 0. The summed E-state index contributed by atoms with van der Waals surface area (Å²) in [6, 6.07) is 25.5. The molecule has 4 aromatic carbocycles.